The second-order valence-electron chi connectivity index (χ2n) is 10.8. The summed E-state index contributed by atoms with van der Waals surface area (Å²) >= 11 is 0. The summed E-state index contributed by atoms with van der Waals surface area (Å²) in [6.07, 6.45) is 2.59. The minimum absolute atomic E-state index is 0.0124. The van der Waals surface area contributed by atoms with Gasteiger partial charge in [0, 0.05) is 60.5 Å². The van der Waals surface area contributed by atoms with Gasteiger partial charge in [0.2, 0.25) is 12.7 Å². The molecule has 0 radical (unpaired) electrons. The Morgan fingerprint density at radius 3 is 2.49 bits per heavy atom. The van der Waals surface area contributed by atoms with E-state index in [0.29, 0.717) is 46.3 Å². The summed E-state index contributed by atoms with van der Waals surface area (Å²) in [7, 11) is 1.67. The molecule has 12 heteroatoms. The number of nitrogens with one attached hydrogen (secondary N) is 2. The van der Waals surface area contributed by atoms with E-state index in [0.717, 1.165) is 0 Å². The molecule has 0 aliphatic carbocycles. The molecule has 2 aliphatic rings. The number of rotatable bonds is 7. The van der Waals surface area contributed by atoms with Crippen molar-refractivity contribution < 1.29 is 33.7 Å². The van der Waals surface area contributed by atoms with Gasteiger partial charge in [-0.05, 0) is 49.4 Å². The Hall–Kier alpha value is -4.84. The van der Waals surface area contributed by atoms with Crippen LogP contribution in [0.5, 0.6) is 17.2 Å². The molecule has 2 aliphatic heterocycles. The van der Waals surface area contributed by atoms with Gasteiger partial charge in [-0.2, -0.15) is 0 Å². The van der Waals surface area contributed by atoms with Crippen molar-refractivity contribution in [3.8, 4) is 17.2 Å². The van der Waals surface area contributed by atoms with Crippen LogP contribution in [0.2, 0.25) is 0 Å². The maximum Gasteiger partial charge on any atom is 0.321 e. The van der Waals surface area contributed by atoms with Crippen LogP contribution in [0.3, 0.4) is 0 Å². The van der Waals surface area contributed by atoms with Crippen LogP contribution in [0.15, 0.2) is 60.9 Å². The molecule has 1 aromatic heterocycles. The molecule has 226 valence electrons. The molecule has 3 aromatic rings. The molecule has 0 saturated carbocycles. The Morgan fingerprint density at radius 2 is 1.74 bits per heavy atom. The molecular formula is C31H35N5O7. The zero-order valence-electron chi connectivity index (χ0n) is 24.3. The number of amides is 4. The smallest absolute Gasteiger partial charge is 0.321 e. The summed E-state index contributed by atoms with van der Waals surface area (Å²) in [4.78, 5) is 46.5. The number of fused-ring (bicyclic) bond motifs is 2. The van der Waals surface area contributed by atoms with Crippen LogP contribution in [0.25, 0.3) is 0 Å². The highest BCUT2D eigenvalue weighted by Gasteiger charge is 2.32. The zero-order valence-corrected chi connectivity index (χ0v) is 24.3. The third-order valence-electron chi connectivity index (χ3n) is 7.54. The van der Waals surface area contributed by atoms with Gasteiger partial charge in [-0.1, -0.05) is 6.92 Å². The lowest BCUT2D eigenvalue weighted by Gasteiger charge is -2.34. The molecular weight excluding hydrogens is 554 g/mol. The Kier molecular flexibility index (Phi) is 8.96. The largest absolute Gasteiger partial charge is 0.488 e. The summed E-state index contributed by atoms with van der Waals surface area (Å²) in [5, 5.41) is 15.6. The van der Waals surface area contributed by atoms with E-state index in [2.05, 4.69) is 15.6 Å². The van der Waals surface area contributed by atoms with Gasteiger partial charge in [0.25, 0.3) is 5.91 Å². The number of aromatic nitrogens is 1. The van der Waals surface area contributed by atoms with Gasteiger partial charge in [-0.3, -0.25) is 14.6 Å². The van der Waals surface area contributed by atoms with E-state index in [9.17, 15) is 19.5 Å². The SMILES string of the molecule is C[C@@H]1CN([C@@H](C)CO)C(=O)Cc2cc(NC(=O)c3ccncc3)ccc2O[C@@H]1CN(C)C(=O)Nc1ccc2c(c1)OCO2. The lowest BCUT2D eigenvalue weighted by molar-refractivity contribution is -0.134. The van der Waals surface area contributed by atoms with E-state index in [1.807, 2.05) is 6.92 Å². The van der Waals surface area contributed by atoms with E-state index in [-0.39, 0.29) is 50.1 Å². The molecule has 12 nitrogen and oxygen atoms in total. The van der Waals surface area contributed by atoms with Gasteiger partial charge in [-0.15, -0.1) is 0 Å². The Morgan fingerprint density at radius 1 is 1.05 bits per heavy atom. The van der Waals surface area contributed by atoms with Crippen molar-refractivity contribution >= 4 is 29.2 Å². The third-order valence-corrected chi connectivity index (χ3v) is 7.54. The first-order valence-corrected chi connectivity index (χ1v) is 14.0. The topological polar surface area (TPSA) is 143 Å². The van der Waals surface area contributed by atoms with Crippen molar-refractivity contribution in [2.75, 3.05) is 44.2 Å². The van der Waals surface area contributed by atoms with Gasteiger partial charge >= 0.3 is 6.03 Å². The number of carbonyl (C=O) groups excluding carboxylic acids is 3. The number of aliphatic hydroxyl groups excluding tert-OH is 1. The number of hydrogen-bond donors (Lipinski definition) is 3. The van der Waals surface area contributed by atoms with Crippen molar-refractivity contribution in [3.63, 3.8) is 0 Å². The summed E-state index contributed by atoms with van der Waals surface area (Å²) < 4.78 is 17.2. The van der Waals surface area contributed by atoms with Crippen molar-refractivity contribution in [1.29, 1.82) is 0 Å². The molecule has 0 unspecified atom stereocenters. The predicted molar refractivity (Wildman–Crippen MR) is 158 cm³/mol. The molecule has 0 saturated heterocycles. The highest BCUT2D eigenvalue weighted by molar-refractivity contribution is 6.04. The van der Waals surface area contributed by atoms with Crippen LogP contribution >= 0.6 is 0 Å². The molecule has 3 N–H and O–H groups in total. The van der Waals surface area contributed by atoms with Gasteiger partial charge in [-0.25, -0.2) is 4.79 Å². The lowest BCUT2D eigenvalue weighted by Crippen LogP contribution is -2.48. The second-order valence-corrected chi connectivity index (χ2v) is 10.8. The van der Waals surface area contributed by atoms with Crippen LogP contribution < -0.4 is 24.8 Å². The zero-order chi connectivity index (χ0) is 30.5. The van der Waals surface area contributed by atoms with E-state index in [1.54, 1.807) is 67.4 Å². The van der Waals surface area contributed by atoms with E-state index >= 15 is 0 Å². The van der Waals surface area contributed by atoms with Crippen LogP contribution in [-0.4, -0.2) is 83.4 Å². The molecule has 4 amide bonds. The van der Waals surface area contributed by atoms with Gasteiger partial charge in [0.05, 0.1) is 25.6 Å². The number of hydrogen-bond acceptors (Lipinski definition) is 8. The minimum atomic E-state index is -0.497. The maximum atomic E-state index is 13.5. The van der Waals surface area contributed by atoms with Crippen molar-refractivity contribution in [2.24, 2.45) is 5.92 Å². The summed E-state index contributed by atoms with van der Waals surface area (Å²) in [5.41, 5.74) is 2.09. The summed E-state index contributed by atoms with van der Waals surface area (Å²) in [5.74, 6) is 0.977. The Bertz CT molecular complexity index is 1480. The number of aliphatic hydroxyl groups is 1. The number of pyridine rings is 1. The normalized spacial score (nSPS) is 18.3. The average Bonchev–Trinajstić information content (AvgIpc) is 3.49. The fraction of sp³-hybridized carbons (Fsp3) is 0.355. The molecule has 3 atom stereocenters. The summed E-state index contributed by atoms with van der Waals surface area (Å²) in [6.45, 7) is 4.22. The van der Waals surface area contributed by atoms with E-state index < -0.39 is 12.1 Å². The van der Waals surface area contributed by atoms with Crippen molar-refractivity contribution in [3.05, 3.63) is 72.1 Å². The number of carbonyl (C=O) groups is 3. The maximum absolute atomic E-state index is 13.5. The monoisotopic (exact) mass is 589 g/mol. The Labute approximate surface area is 249 Å². The second kappa shape index (κ2) is 13.0. The molecule has 43 heavy (non-hydrogen) atoms. The van der Waals surface area contributed by atoms with Gasteiger partial charge in [0.1, 0.15) is 11.9 Å². The van der Waals surface area contributed by atoms with Crippen molar-refractivity contribution in [2.45, 2.75) is 32.4 Å². The Balaban J connectivity index is 1.36. The molecule has 2 aromatic carbocycles. The molecule has 5 rings (SSSR count). The number of nitrogens with zero attached hydrogens (tertiary/aromatic N) is 3. The van der Waals surface area contributed by atoms with Gasteiger partial charge in [0.15, 0.2) is 11.5 Å². The fourth-order valence-corrected chi connectivity index (χ4v) is 4.98. The first kappa shape index (κ1) is 29.6. The first-order valence-electron chi connectivity index (χ1n) is 14.0. The van der Waals surface area contributed by atoms with Crippen LogP contribution in [0.4, 0.5) is 16.2 Å². The molecule has 0 spiro atoms. The molecule has 0 bridgehead atoms. The van der Waals surface area contributed by atoms with Crippen LogP contribution in [-0.2, 0) is 11.2 Å². The number of anilines is 2. The first-order chi connectivity index (χ1) is 20.7. The third kappa shape index (κ3) is 6.97. The average molecular weight is 590 g/mol. The highest BCUT2D eigenvalue weighted by Crippen LogP contribution is 2.34. The lowest BCUT2D eigenvalue weighted by atomic mass is 10.0. The molecule has 3 heterocycles. The highest BCUT2D eigenvalue weighted by atomic mass is 16.7. The number of benzene rings is 2. The summed E-state index contributed by atoms with van der Waals surface area (Å²) in [6, 6.07) is 12.8. The number of urea groups is 1. The minimum Gasteiger partial charge on any atom is -0.488 e. The molecule has 0 fully saturated rings. The van der Waals surface area contributed by atoms with Crippen LogP contribution in [0, 0.1) is 5.92 Å². The van der Waals surface area contributed by atoms with Crippen LogP contribution in [0.1, 0.15) is 29.8 Å². The van der Waals surface area contributed by atoms with Crippen molar-refractivity contribution in [1.82, 2.24) is 14.8 Å². The predicted octanol–water partition coefficient (Wildman–Crippen LogP) is 3.38. The van der Waals surface area contributed by atoms with E-state index in [1.165, 1.54) is 17.3 Å². The quantitative estimate of drug-likeness (QED) is 0.381. The fourth-order valence-electron chi connectivity index (χ4n) is 4.98. The number of likely N-dealkylation sites (N-methyl/N-ethyl adjacent to an activating group) is 1. The standard InChI is InChI=1S/C31H35N5O7/c1-19-15-36(20(2)17-37)29(38)13-22-12-23(33-30(39)21-8-10-32-11-9-21)4-6-25(22)43-28(19)16-35(3)31(40)34-24-5-7-26-27(14-24)42-18-41-26/h4-12,14,19-20,28,37H,13,15-18H2,1-3H3,(H,33,39)(H,34,40)/t19-,20+,28-/m1/s1. The van der Waals surface area contributed by atoms with Gasteiger partial charge < -0.3 is 39.8 Å². The van der Waals surface area contributed by atoms with E-state index in [4.69, 9.17) is 14.2 Å². The number of ether oxygens (including phenoxy) is 3.